The Balaban J connectivity index is 2.08. The Labute approximate surface area is 117 Å². The van der Waals surface area contributed by atoms with Crippen LogP contribution in [0.4, 0.5) is 8.78 Å². The van der Waals surface area contributed by atoms with Gasteiger partial charge < -0.3 is 10.6 Å². The van der Waals surface area contributed by atoms with E-state index in [0.29, 0.717) is 0 Å². The molecule has 0 radical (unpaired) electrons. The maximum Gasteiger partial charge on any atom is 0.227 e. The van der Waals surface area contributed by atoms with Gasteiger partial charge in [0.05, 0.1) is 5.92 Å². The number of nitrogens with zero attached hydrogens (tertiary/aromatic N) is 1. The normalized spacial score (nSPS) is 17.1. The Morgan fingerprint density at radius 1 is 1.25 bits per heavy atom. The maximum atomic E-state index is 13.7. The Hall–Kier alpha value is -1.49. The Bertz CT molecular complexity index is 473. The molecule has 0 aliphatic carbocycles. The molecule has 1 unspecified atom stereocenters. The number of hydrogen-bond donors (Lipinski definition) is 1. The lowest BCUT2D eigenvalue weighted by molar-refractivity contribution is -0.136. The minimum atomic E-state index is -0.885. The number of nitrogens with two attached hydrogens (primary N) is 1. The summed E-state index contributed by atoms with van der Waals surface area (Å²) in [5.74, 6) is -2.29. The summed E-state index contributed by atoms with van der Waals surface area (Å²) in [6.07, 6.45) is 3.28. The van der Waals surface area contributed by atoms with Crippen LogP contribution in [0.3, 0.4) is 0 Å². The molecule has 0 aromatic heterocycles. The highest BCUT2D eigenvalue weighted by Crippen LogP contribution is 2.18. The van der Waals surface area contributed by atoms with Gasteiger partial charge in [0.1, 0.15) is 0 Å². The van der Waals surface area contributed by atoms with Crippen molar-refractivity contribution in [1.82, 2.24) is 4.90 Å². The third-order valence-electron chi connectivity index (χ3n) is 3.80. The molecule has 1 aliphatic heterocycles. The second-order valence-corrected chi connectivity index (χ2v) is 5.24. The highest BCUT2D eigenvalue weighted by atomic mass is 19.2. The Morgan fingerprint density at radius 3 is 2.60 bits per heavy atom. The molecule has 2 N–H and O–H groups in total. The highest BCUT2D eigenvalue weighted by Gasteiger charge is 2.25. The third kappa shape index (κ3) is 3.33. The summed E-state index contributed by atoms with van der Waals surface area (Å²) in [7, 11) is 0. The van der Waals surface area contributed by atoms with Crippen LogP contribution in [0.2, 0.25) is 0 Å². The van der Waals surface area contributed by atoms with E-state index in [1.165, 1.54) is 12.1 Å². The highest BCUT2D eigenvalue weighted by molar-refractivity contribution is 5.79. The fraction of sp³-hybridized carbons (Fsp3) is 0.533. The summed E-state index contributed by atoms with van der Waals surface area (Å²) in [6.45, 7) is 1.62. The minimum Gasteiger partial charge on any atom is -0.342 e. The third-order valence-corrected chi connectivity index (χ3v) is 3.80. The average Bonchev–Trinajstić information content (AvgIpc) is 2.49. The molecule has 0 spiro atoms. The second-order valence-electron chi connectivity index (χ2n) is 5.24. The van der Waals surface area contributed by atoms with Crippen LogP contribution in [0, 0.1) is 17.6 Å². The van der Waals surface area contributed by atoms with Crippen LogP contribution in [-0.4, -0.2) is 30.4 Å². The van der Waals surface area contributed by atoms with Gasteiger partial charge in [-0.2, -0.15) is 0 Å². The zero-order valence-electron chi connectivity index (χ0n) is 11.4. The van der Waals surface area contributed by atoms with E-state index >= 15 is 0 Å². The number of hydrogen-bond acceptors (Lipinski definition) is 2. The summed E-state index contributed by atoms with van der Waals surface area (Å²) in [4.78, 5) is 14.1. The van der Waals surface area contributed by atoms with Gasteiger partial charge in [0, 0.05) is 19.6 Å². The van der Waals surface area contributed by atoms with Crippen LogP contribution in [0.5, 0.6) is 0 Å². The summed E-state index contributed by atoms with van der Waals surface area (Å²) < 4.78 is 26.9. The lowest BCUT2D eigenvalue weighted by Crippen LogP contribution is -2.42. The minimum absolute atomic E-state index is 0.0455. The van der Waals surface area contributed by atoms with Crippen molar-refractivity contribution in [3.8, 4) is 0 Å². The molecule has 1 aromatic carbocycles. The topological polar surface area (TPSA) is 46.3 Å². The first-order valence-corrected chi connectivity index (χ1v) is 7.05. The van der Waals surface area contributed by atoms with Gasteiger partial charge in [-0.15, -0.1) is 0 Å². The van der Waals surface area contributed by atoms with Crippen molar-refractivity contribution in [2.24, 2.45) is 11.7 Å². The van der Waals surface area contributed by atoms with Gasteiger partial charge in [0.25, 0.3) is 0 Å². The van der Waals surface area contributed by atoms with Gasteiger partial charge in [-0.3, -0.25) is 4.79 Å². The van der Waals surface area contributed by atoms with Crippen LogP contribution < -0.4 is 5.73 Å². The molecule has 1 saturated heterocycles. The standard InChI is InChI=1S/C15H20F2N2O/c16-13-6-4-5-11(14(13)17)9-12(10-18)15(20)19-7-2-1-3-8-19/h4-6,12H,1-3,7-10,18H2. The molecule has 1 atom stereocenters. The predicted molar refractivity (Wildman–Crippen MR) is 73.0 cm³/mol. The van der Waals surface area contributed by atoms with E-state index in [-0.39, 0.29) is 24.4 Å². The Morgan fingerprint density at radius 2 is 1.95 bits per heavy atom. The molecule has 3 nitrogen and oxygen atoms in total. The van der Waals surface area contributed by atoms with E-state index in [0.717, 1.165) is 38.4 Å². The van der Waals surface area contributed by atoms with Crippen LogP contribution in [-0.2, 0) is 11.2 Å². The van der Waals surface area contributed by atoms with E-state index in [2.05, 4.69) is 0 Å². The van der Waals surface area contributed by atoms with Crippen LogP contribution >= 0.6 is 0 Å². The fourth-order valence-electron chi connectivity index (χ4n) is 2.62. The zero-order valence-corrected chi connectivity index (χ0v) is 11.4. The molecule has 1 amide bonds. The largest absolute Gasteiger partial charge is 0.342 e. The van der Waals surface area contributed by atoms with E-state index in [4.69, 9.17) is 5.73 Å². The number of amides is 1. The monoisotopic (exact) mass is 282 g/mol. The van der Waals surface area contributed by atoms with E-state index < -0.39 is 17.6 Å². The van der Waals surface area contributed by atoms with E-state index in [9.17, 15) is 13.6 Å². The summed E-state index contributed by atoms with van der Waals surface area (Å²) >= 11 is 0. The van der Waals surface area contributed by atoms with Crippen molar-refractivity contribution in [2.75, 3.05) is 19.6 Å². The van der Waals surface area contributed by atoms with Gasteiger partial charge in [0.2, 0.25) is 5.91 Å². The number of benzene rings is 1. The van der Waals surface area contributed by atoms with Crippen LogP contribution in [0.1, 0.15) is 24.8 Å². The van der Waals surface area contributed by atoms with Crippen molar-refractivity contribution in [3.63, 3.8) is 0 Å². The van der Waals surface area contributed by atoms with Crippen molar-refractivity contribution in [1.29, 1.82) is 0 Å². The van der Waals surface area contributed by atoms with Crippen LogP contribution in [0.25, 0.3) is 0 Å². The van der Waals surface area contributed by atoms with E-state index in [1.807, 2.05) is 0 Å². The van der Waals surface area contributed by atoms with Gasteiger partial charge in [0.15, 0.2) is 11.6 Å². The van der Waals surface area contributed by atoms with Crippen molar-refractivity contribution >= 4 is 5.91 Å². The fourth-order valence-corrected chi connectivity index (χ4v) is 2.62. The molecule has 1 aromatic rings. The summed E-state index contributed by atoms with van der Waals surface area (Å²) in [6, 6.07) is 4.03. The van der Waals surface area contributed by atoms with Gasteiger partial charge >= 0.3 is 0 Å². The number of halogens is 2. The number of carbonyl (C=O) groups excluding carboxylic acids is 1. The molecular formula is C15H20F2N2O. The molecule has 1 heterocycles. The van der Waals surface area contributed by atoms with E-state index in [1.54, 1.807) is 4.90 Å². The molecule has 0 saturated carbocycles. The van der Waals surface area contributed by atoms with Gasteiger partial charge in [-0.25, -0.2) is 8.78 Å². The first kappa shape index (κ1) is 14.9. The smallest absolute Gasteiger partial charge is 0.227 e. The van der Waals surface area contributed by atoms with Crippen molar-refractivity contribution in [3.05, 3.63) is 35.4 Å². The van der Waals surface area contributed by atoms with Crippen LogP contribution in [0.15, 0.2) is 18.2 Å². The number of carbonyl (C=O) groups is 1. The molecular weight excluding hydrogens is 262 g/mol. The maximum absolute atomic E-state index is 13.7. The first-order chi connectivity index (χ1) is 9.63. The predicted octanol–water partition coefficient (Wildman–Crippen LogP) is 2.09. The molecule has 2 rings (SSSR count). The van der Waals surface area contributed by atoms with Gasteiger partial charge in [-0.1, -0.05) is 12.1 Å². The average molecular weight is 282 g/mol. The van der Waals surface area contributed by atoms with Gasteiger partial charge in [-0.05, 0) is 37.3 Å². The zero-order chi connectivity index (χ0) is 14.5. The molecule has 1 aliphatic rings. The lowest BCUT2D eigenvalue weighted by atomic mass is 9.96. The Kier molecular flexibility index (Phi) is 5.06. The lowest BCUT2D eigenvalue weighted by Gasteiger charge is -2.30. The summed E-state index contributed by atoms with van der Waals surface area (Å²) in [5, 5.41) is 0. The number of rotatable bonds is 4. The first-order valence-electron chi connectivity index (χ1n) is 7.05. The molecule has 5 heteroatoms. The number of likely N-dealkylation sites (tertiary alicyclic amines) is 1. The number of piperidine rings is 1. The molecule has 1 fully saturated rings. The summed E-state index contributed by atoms with van der Waals surface area (Å²) in [5.41, 5.74) is 5.87. The molecule has 20 heavy (non-hydrogen) atoms. The van der Waals surface area contributed by atoms with Crippen molar-refractivity contribution in [2.45, 2.75) is 25.7 Å². The SMILES string of the molecule is NCC(Cc1cccc(F)c1F)C(=O)N1CCCCC1. The second kappa shape index (κ2) is 6.79. The molecule has 0 bridgehead atoms. The van der Waals surface area contributed by atoms with Crippen molar-refractivity contribution < 1.29 is 13.6 Å². The molecule has 110 valence electrons. The quantitative estimate of drug-likeness (QED) is 0.919.